The Hall–Kier alpha value is -3.58. The summed E-state index contributed by atoms with van der Waals surface area (Å²) in [6.07, 6.45) is 0.265. The number of hydrogen-bond acceptors (Lipinski definition) is 3. The summed E-state index contributed by atoms with van der Waals surface area (Å²) in [5.41, 5.74) is 2.98. The Labute approximate surface area is 219 Å². The van der Waals surface area contributed by atoms with E-state index in [0.29, 0.717) is 27.5 Å². The lowest BCUT2D eigenvalue weighted by atomic mass is 9.77. The lowest BCUT2D eigenvalue weighted by Crippen LogP contribution is -2.52. The second kappa shape index (κ2) is 9.06. The van der Waals surface area contributed by atoms with Gasteiger partial charge in [0.25, 0.3) is 0 Å². The molecule has 1 aromatic heterocycles. The van der Waals surface area contributed by atoms with Crippen molar-refractivity contribution in [1.29, 1.82) is 0 Å². The molecule has 0 saturated carbocycles. The highest BCUT2D eigenvalue weighted by atomic mass is 35.5. The number of carbonyl (C=O) groups excluding carboxylic acids is 1. The Balaban J connectivity index is 1.52. The van der Waals surface area contributed by atoms with E-state index in [-0.39, 0.29) is 11.1 Å². The highest BCUT2D eigenvalue weighted by molar-refractivity contribution is 6.34. The summed E-state index contributed by atoms with van der Waals surface area (Å²) in [5.74, 6) is -1.93. The smallest absolute Gasteiger partial charge is 0.412 e. The van der Waals surface area contributed by atoms with E-state index >= 15 is 8.78 Å². The SMILES string of the molecule is Cc1cc(C)c(NC(=O)O[C@H]2[C@H](C)c3c(cc(F)c(-c4cccc5cc[nH]c45)c3F)NC2(C)C)c(Cl)c1. The van der Waals surface area contributed by atoms with E-state index in [2.05, 4.69) is 15.6 Å². The summed E-state index contributed by atoms with van der Waals surface area (Å²) >= 11 is 6.35. The lowest BCUT2D eigenvalue weighted by Gasteiger charge is -2.44. The normalized spacial score (nSPS) is 18.3. The first kappa shape index (κ1) is 25.1. The van der Waals surface area contributed by atoms with Crippen LogP contribution in [-0.2, 0) is 4.74 Å². The van der Waals surface area contributed by atoms with Gasteiger partial charge in [-0.3, -0.25) is 5.32 Å². The van der Waals surface area contributed by atoms with Crippen LogP contribution >= 0.6 is 11.6 Å². The maximum atomic E-state index is 16.2. The van der Waals surface area contributed by atoms with Crippen molar-refractivity contribution in [2.75, 3.05) is 10.6 Å². The summed E-state index contributed by atoms with van der Waals surface area (Å²) in [4.78, 5) is 16.1. The van der Waals surface area contributed by atoms with Crippen molar-refractivity contribution in [3.8, 4) is 11.1 Å². The first-order chi connectivity index (χ1) is 17.5. The minimum absolute atomic E-state index is 0.120. The minimum Gasteiger partial charge on any atom is -0.443 e. The Kier molecular flexibility index (Phi) is 6.15. The van der Waals surface area contributed by atoms with E-state index < -0.39 is 35.3 Å². The summed E-state index contributed by atoms with van der Waals surface area (Å²) in [5, 5.41) is 7.18. The number of carbonyl (C=O) groups is 1. The van der Waals surface area contributed by atoms with Gasteiger partial charge in [0.15, 0.2) is 0 Å². The Morgan fingerprint density at radius 2 is 1.89 bits per heavy atom. The van der Waals surface area contributed by atoms with Crippen LogP contribution in [0, 0.1) is 25.5 Å². The van der Waals surface area contributed by atoms with Crippen molar-refractivity contribution >= 4 is 40.0 Å². The molecule has 0 bridgehead atoms. The van der Waals surface area contributed by atoms with E-state index in [0.717, 1.165) is 16.5 Å². The van der Waals surface area contributed by atoms with Gasteiger partial charge in [0.1, 0.15) is 17.7 Å². The monoisotopic (exact) mass is 523 g/mol. The number of hydrogen-bond donors (Lipinski definition) is 3. The van der Waals surface area contributed by atoms with Crippen LogP contribution < -0.4 is 10.6 Å². The number of para-hydroxylation sites is 1. The van der Waals surface area contributed by atoms with Crippen LogP contribution in [-0.4, -0.2) is 22.7 Å². The summed E-state index contributed by atoms with van der Waals surface area (Å²) in [6.45, 7) is 9.20. The molecule has 8 heteroatoms. The molecule has 5 rings (SSSR count). The highest BCUT2D eigenvalue weighted by Gasteiger charge is 2.45. The number of aromatic amines is 1. The molecular formula is C29H28ClF2N3O2. The second-order valence-electron chi connectivity index (χ2n) is 10.3. The number of H-pyrrole nitrogens is 1. The summed E-state index contributed by atoms with van der Waals surface area (Å²) in [7, 11) is 0. The van der Waals surface area contributed by atoms with Crippen LogP contribution in [0.25, 0.3) is 22.0 Å². The molecule has 2 heterocycles. The van der Waals surface area contributed by atoms with Crippen molar-refractivity contribution in [3.05, 3.63) is 82.0 Å². The van der Waals surface area contributed by atoms with Gasteiger partial charge in [0, 0.05) is 28.9 Å². The zero-order valence-electron chi connectivity index (χ0n) is 21.2. The minimum atomic E-state index is -0.810. The van der Waals surface area contributed by atoms with Gasteiger partial charge in [-0.2, -0.15) is 0 Å². The van der Waals surface area contributed by atoms with Crippen molar-refractivity contribution in [3.63, 3.8) is 0 Å². The zero-order chi connectivity index (χ0) is 26.6. The molecule has 0 saturated heterocycles. The predicted octanol–water partition coefficient (Wildman–Crippen LogP) is 8.31. The largest absolute Gasteiger partial charge is 0.443 e. The zero-order valence-corrected chi connectivity index (χ0v) is 22.0. The van der Waals surface area contributed by atoms with Crippen LogP contribution in [0.2, 0.25) is 5.02 Å². The van der Waals surface area contributed by atoms with Crippen LogP contribution in [0.15, 0.2) is 48.7 Å². The Morgan fingerprint density at radius 3 is 2.62 bits per heavy atom. The van der Waals surface area contributed by atoms with E-state index in [4.69, 9.17) is 16.3 Å². The van der Waals surface area contributed by atoms with Gasteiger partial charge in [-0.1, -0.05) is 42.8 Å². The average Bonchev–Trinajstić information content (AvgIpc) is 3.28. The van der Waals surface area contributed by atoms with Gasteiger partial charge in [0.05, 0.1) is 27.3 Å². The van der Waals surface area contributed by atoms with Crippen LogP contribution in [0.4, 0.5) is 25.0 Å². The van der Waals surface area contributed by atoms with Crippen molar-refractivity contribution in [2.45, 2.75) is 52.2 Å². The predicted molar refractivity (Wildman–Crippen MR) is 145 cm³/mol. The number of fused-ring (bicyclic) bond motifs is 2. The number of nitrogens with one attached hydrogen (secondary N) is 3. The molecule has 1 amide bonds. The van der Waals surface area contributed by atoms with Gasteiger partial charge in [-0.05, 0) is 62.4 Å². The van der Waals surface area contributed by atoms with Crippen LogP contribution in [0.3, 0.4) is 0 Å². The number of ether oxygens (including phenoxy) is 1. The number of amides is 1. The standard InChI is InChI=1S/C29H28ClF2N3O2/c1-14-11-15(2)25(19(30)12-14)34-28(36)37-27-16(3)22-21(35-29(27,4)5)13-20(31)23(24(22)32)18-8-6-7-17-9-10-33-26(17)18/h6-13,16,27,33,35H,1-5H3,(H,34,36)/t16-,27+/m1/s1. The van der Waals surface area contributed by atoms with Crippen molar-refractivity contribution in [1.82, 2.24) is 4.98 Å². The summed E-state index contributed by atoms with van der Waals surface area (Å²) in [6, 6.07) is 12.2. The van der Waals surface area contributed by atoms with Gasteiger partial charge >= 0.3 is 6.09 Å². The van der Waals surface area contributed by atoms with Crippen LogP contribution in [0.1, 0.15) is 43.4 Å². The van der Waals surface area contributed by atoms with Crippen molar-refractivity contribution in [2.24, 2.45) is 0 Å². The number of benzene rings is 3. The molecular weight excluding hydrogens is 496 g/mol. The quantitative estimate of drug-likeness (QED) is 0.253. The molecule has 0 spiro atoms. The number of aromatic nitrogens is 1. The molecule has 0 aliphatic carbocycles. The molecule has 2 atom stereocenters. The van der Waals surface area contributed by atoms with Crippen LogP contribution in [0.5, 0.6) is 0 Å². The number of anilines is 2. The summed E-state index contributed by atoms with van der Waals surface area (Å²) < 4.78 is 37.4. The molecule has 1 aliphatic heterocycles. The van der Waals surface area contributed by atoms with E-state index in [1.54, 1.807) is 31.3 Å². The van der Waals surface area contributed by atoms with Gasteiger partial charge in [0.2, 0.25) is 0 Å². The fraction of sp³-hybridized carbons (Fsp3) is 0.276. The number of aryl methyl sites for hydroxylation is 2. The molecule has 0 fully saturated rings. The van der Waals surface area contributed by atoms with Crippen molar-refractivity contribution < 1.29 is 18.3 Å². The second-order valence-corrected chi connectivity index (χ2v) is 10.7. The molecule has 192 valence electrons. The Morgan fingerprint density at radius 1 is 1.14 bits per heavy atom. The third kappa shape index (κ3) is 4.31. The molecule has 0 radical (unpaired) electrons. The van der Waals surface area contributed by atoms with Gasteiger partial charge in [-0.15, -0.1) is 0 Å². The average molecular weight is 524 g/mol. The molecule has 4 aromatic rings. The Bertz CT molecular complexity index is 1520. The molecule has 3 aromatic carbocycles. The third-order valence-corrected chi connectivity index (χ3v) is 7.38. The van der Waals surface area contributed by atoms with E-state index in [1.165, 1.54) is 6.07 Å². The maximum Gasteiger partial charge on any atom is 0.412 e. The molecule has 3 N–H and O–H groups in total. The first-order valence-corrected chi connectivity index (χ1v) is 12.5. The number of rotatable bonds is 3. The lowest BCUT2D eigenvalue weighted by molar-refractivity contribution is 0.0560. The molecule has 37 heavy (non-hydrogen) atoms. The van der Waals surface area contributed by atoms with E-state index in [1.807, 2.05) is 45.9 Å². The molecule has 1 aliphatic rings. The maximum absolute atomic E-state index is 16.2. The third-order valence-electron chi connectivity index (χ3n) is 7.08. The molecule has 5 nitrogen and oxygen atoms in total. The highest BCUT2D eigenvalue weighted by Crippen LogP contribution is 2.46. The van der Waals surface area contributed by atoms with E-state index in [9.17, 15) is 4.79 Å². The fourth-order valence-corrected chi connectivity index (χ4v) is 5.86. The topological polar surface area (TPSA) is 66.1 Å². The molecule has 0 unspecified atom stereocenters. The van der Waals surface area contributed by atoms with Gasteiger partial charge in [-0.25, -0.2) is 13.6 Å². The number of halogens is 3. The fourth-order valence-electron chi connectivity index (χ4n) is 5.49. The first-order valence-electron chi connectivity index (χ1n) is 12.1. The van der Waals surface area contributed by atoms with Gasteiger partial charge < -0.3 is 15.0 Å².